The fraction of sp³-hybridized carbons (Fsp3) is 0.455. The molecule has 1 saturated heterocycles. The second kappa shape index (κ2) is 9.58. The SMILES string of the molecule is CCCN(CCC(=O)N1CCN(c2ccccc2F)CC1)C(=O)c1ccoc1C. The standard InChI is InChI=1S/C22H28FN3O3/c1-3-10-26(22(28)18-9-16-29-17(18)2)11-8-21(27)25-14-12-24(13-15-25)20-7-5-4-6-19(20)23/h4-7,9,16H,3,8,10-15H2,1-2H3. The van der Waals surface area contributed by atoms with Gasteiger partial charge in [-0.15, -0.1) is 0 Å². The molecule has 3 rings (SSSR count). The Labute approximate surface area is 170 Å². The molecule has 0 radical (unpaired) electrons. The molecule has 1 fully saturated rings. The number of halogens is 1. The number of aryl methyl sites for hydroxylation is 1. The van der Waals surface area contributed by atoms with E-state index in [4.69, 9.17) is 4.42 Å². The Kier molecular flexibility index (Phi) is 6.90. The Morgan fingerprint density at radius 2 is 1.83 bits per heavy atom. The minimum atomic E-state index is -0.240. The molecule has 0 aliphatic carbocycles. The lowest BCUT2D eigenvalue weighted by Gasteiger charge is -2.36. The van der Waals surface area contributed by atoms with Gasteiger partial charge in [-0.25, -0.2) is 4.39 Å². The Hall–Kier alpha value is -2.83. The number of rotatable bonds is 7. The van der Waals surface area contributed by atoms with Crippen LogP contribution in [0.4, 0.5) is 10.1 Å². The Morgan fingerprint density at radius 1 is 1.10 bits per heavy atom. The van der Waals surface area contributed by atoms with Crippen molar-refractivity contribution in [2.24, 2.45) is 0 Å². The van der Waals surface area contributed by atoms with E-state index in [2.05, 4.69) is 0 Å². The summed E-state index contributed by atoms with van der Waals surface area (Å²) in [5.41, 5.74) is 1.12. The fourth-order valence-corrected chi connectivity index (χ4v) is 3.66. The van der Waals surface area contributed by atoms with Crippen LogP contribution in [0.15, 0.2) is 41.0 Å². The molecule has 0 spiro atoms. The number of anilines is 1. The number of hydrogen-bond donors (Lipinski definition) is 0. The summed E-state index contributed by atoms with van der Waals surface area (Å²) in [5.74, 6) is 0.272. The zero-order valence-corrected chi connectivity index (χ0v) is 17.1. The van der Waals surface area contributed by atoms with Gasteiger partial charge < -0.3 is 19.1 Å². The molecule has 0 unspecified atom stereocenters. The number of nitrogens with zero attached hydrogens (tertiary/aromatic N) is 3. The fourth-order valence-electron chi connectivity index (χ4n) is 3.66. The second-order valence-electron chi connectivity index (χ2n) is 7.25. The van der Waals surface area contributed by atoms with E-state index < -0.39 is 0 Å². The van der Waals surface area contributed by atoms with E-state index >= 15 is 0 Å². The van der Waals surface area contributed by atoms with Gasteiger partial charge in [0.05, 0.1) is 17.5 Å². The van der Waals surface area contributed by atoms with E-state index in [0.29, 0.717) is 56.3 Å². The molecule has 1 aliphatic rings. The van der Waals surface area contributed by atoms with E-state index in [1.807, 2.05) is 17.9 Å². The van der Waals surface area contributed by atoms with Crippen molar-refractivity contribution in [1.29, 1.82) is 0 Å². The highest BCUT2D eigenvalue weighted by atomic mass is 19.1. The van der Waals surface area contributed by atoms with E-state index in [-0.39, 0.29) is 24.1 Å². The van der Waals surface area contributed by atoms with E-state index in [0.717, 1.165) is 6.42 Å². The van der Waals surface area contributed by atoms with Gasteiger partial charge in [-0.1, -0.05) is 19.1 Å². The smallest absolute Gasteiger partial charge is 0.257 e. The number of amides is 2. The molecule has 2 aromatic rings. The highest BCUT2D eigenvalue weighted by molar-refractivity contribution is 5.95. The van der Waals surface area contributed by atoms with Crippen molar-refractivity contribution in [3.05, 3.63) is 53.7 Å². The molecule has 0 atom stereocenters. The van der Waals surface area contributed by atoms with Gasteiger partial charge in [0.1, 0.15) is 11.6 Å². The van der Waals surface area contributed by atoms with Gasteiger partial charge in [-0.2, -0.15) is 0 Å². The van der Waals surface area contributed by atoms with Gasteiger partial charge in [0.15, 0.2) is 0 Å². The van der Waals surface area contributed by atoms with Crippen LogP contribution in [0.5, 0.6) is 0 Å². The van der Waals surface area contributed by atoms with E-state index in [1.54, 1.807) is 34.9 Å². The molecule has 0 N–H and O–H groups in total. The van der Waals surface area contributed by atoms with Crippen molar-refractivity contribution in [3.8, 4) is 0 Å². The second-order valence-corrected chi connectivity index (χ2v) is 7.25. The first kappa shape index (κ1) is 20.9. The van der Waals surface area contributed by atoms with Gasteiger partial charge in [0, 0.05) is 45.7 Å². The van der Waals surface area contributed by atoms with Gasteiger partial charge >= 0.3 is 0 Å². The van der Waals surface area contributed by atoms with Crippen molar-refractivity contribution in [1.82, 2.24) is 9.80 Å². The van der Waals surface area contributed by atoms with Crippen LogP contribution in [0.25, 0.3) is 0 Å². The lowest BCUT2D eigenvalue weighted by molar-refractivity contribution is -0.131. The third-order valence-electron chi connectivity index (χ3n) is 5.29. The predicted molar refractivity (Wildman–Crippen MR) is 109 cm³/mol. The summed E-state index contributed by atoms with van der Waals surface area (Å²) in [4.78, 5) is 30.9. The minimum absolute atomic E-state index is 0.0241. The topological polar surface area (TPSA) is 57.0 Å². The summed E-state index contributed by atoms with van der Waals surface area (Å²) in [7, 11) is 0. The predicted octanol–water partition coefficient (Wildman–Crippen LogP) is 3.32. The molecule has 2 heterocycles. The van der Waals surface area contributed by atoms with Crippen LogP contribution in [-0.2, 0) is 4.79 Å². The number of furan rings is 1. The normalized spacial score (nSPS) is 14.2. The molecule has 7 heteroatoms. The Balaban J connectivity index is 1.53. The molecule has 1 aromatic carbocycles. The third-order valence-corrected chi connectivity index (χ3v) is 5.29. The van der Waals surface area contributed by atoms with E-state index in [1.165, 1.54) is 12.3 Å². The molecule has 6 nitrogen and oxygen atoms in total. The molecule has 1 aromatic heterocycles. The minimum Gasteiger partial charge on any atom is -0.469 e. The van der Waals surface area contributed by atoms with Gasteiger partial charge in [0.2, 0.25) is 5.91 Å². The zero-order valence-electron chi connectivity index (χ0n) is 17.1. The maximum atomic E-state index is 14.0. The van der Waals surface area contributed by atoms with Crippen LogP contribution in [0, 0.1) is 12.7 Å². The van der Waals surface area contributed by atoms with Gasteiger partial charge in [0.25, 0.3) is 5.91 Å². The summed E-state index contributed by atoms with van der Waals surface area (Å²) in [5, 5.41) is 0. The molecule has 2 amide bonds. The summed E-state index contributed by atoms with van der Waals surface area (Å²) < 4.78 is 19.2. The number of para-hydroxylation sites is 1. The van der Waals surface area contributed by atoms with Crippen molar-refractivity contribution >= 4 is 17.5 Å². The average Bonchev–Trinajstić information content (AvgIpc) is 3.16. The molecule has 156 valence electrons. The van der Waals surface area contributed by atoms with Crippen LogP contribution < -0.4 is 4.90 Å². The van der Waals surface area contributed by atoms with Gasteiger partial charge in [-0.05, 0) is 31.5 Å². The monoisotopic (exact) mass is 401 g/mol. The average molecular weight is 401 g/mol. The lowest BCUT2D eigenvalue weighted by Crippen LogP contribution is -2.49. The van der Waals surface area contributed by atoms with Crippen molar-refractivity contribution in [3.63, 3.8) is 0 Å². The molecular formula is C22H28FN3O3. The van der Waals surface area contributed by atoms with Crippen molar-refractivity contribution in [2.45, 2.75) is 26.7 Å². The first-order chi connectivity index (χ1) is 14.0. The highest BCUT2D eigenvalue weighted by Crippen LogP contribution is 2.20. The molecule has 29 heavy (non-hydrogen) atoms. The Morgan fingerprint density at radius 3 is 2.45 bits per heavy atom. The molecule has 1 aliphatic heterocycles. The van der Waals surface area contributed by atoms with Crippen LogP contribution in [-0.4, -0.2) is 60.9 Å². The maximum Gasteiger partial charge on any atom is 0.257 e. The summed E-state index contributed by atoms with van der Waals surface area (Å²) in [6.07, 6.45) is 2.60. The van der Waals surface area contributed by atoms with Crippen LogP contribution in [0.3, 0.4) is 0 Å². The first-order valence-corrected chi connectivity index (χ1v) is 10.1. The van der Waals surface area contributed by atoms with Crippen LogP contribution >= 0.6 is 0 Å². The highest BCUT2D eigenvalue weighted by Gasteiger charge is 2.24. The van der Waals surface area contributed by atoms with Crippen LogP contribution in [0.2, 0.25) is 0 Å². The quantitative estimate of drug-likeness (QED) is 0.714. The molecule has 0 saturated carbocycles. The maximum absolute atomic E-state index is 14.0. The number of piperazine rings is 1. The first-order valence-electron chi connectivity index (χ1n) is 10.1. The third kappa shape index (κ3) is 4.96. The molecular weight excluding hydrogens is 373 g/mol. The largest absolute Gasteiger partial charge is 0.469 e. The number of carbonyl (C=O) groups excluding carboxylic acids is 2. The number of carbonyl (C=O) groups is 2. The van der Waals surface area contributed by atoms with Crippen molar-refractivity contribution < 1.29 is 18.4 Å². The van der Waals surface area contributed by atoms with E-state index in [9.17, 15) is 14.0 Å². The zero-order chi connectivity index (χ0) is 20.8. The van der Waals surface area contributed by atoms with Gasteiger partial charge in [-0.3, -0.25) is 9.59 Å². The number of benzene rings is 1. The summed E-state index contributed by atoms with van der Waals surface area (Å²) >= 11 is 0. The Bertz CT molecular complexity index is 843. The van der Waals surface area contributed by atoms with Crippen LogP contribution in [0.1, 0.15) is 35.9 Å². The summed E-state index contributed by atoms with van der Waals surface area (Å²) in [6.45, 7) is 7.04. The summed E-state index contributed by atoms with van der Waals surface area (Å²) in [6, 6.07) is 8.38. The number of hydrogen-bond acceptors (Lipinski definition) is 4. The van der Waals surface area contributed by atoms with Crippen molar-refractivity contribution in [2.75, 3.05) is 44.2 Å². The molecule has 0 bridgehead atoms. The lowest BCUT2D eigenvalue weighted by atomic mass is 10.2.